The third kappa shape index (κ3) is 5.42. The van der Waals surface area contributed by atoms with Gasteiger partial charge in [0.15, 0.2) is 0 Å². The largest absolute Gasteiger partial charge is 0.494 e. The predicted octanol–water partition coefficient (Wildman–Crippen LogP) is 5.35. The Labute approximate surface area is 163 Å². The number of ether oxygens (including phenoxy) is 1. The van der Waals surface area contributed by atoms with Gasteiger partial charge in [-0.3, -0.25) is 4.79 Å². The van der Waals surface area contributed by atoms with Crippen LogP contribution in [0, 0.1) is 6.92 Å². The van der Waals surface area contributed by atoms with Crippen molar-refractivity contribution in [2.45, 2.75) is 57.8 Å². The molecule has 1 amide bonds. The summed E-state index contributed by atoms with van der Waals surface area (Å²) in [5, 5.41) is 13.6. The Balaban J connectivity index is 1.38. The first kappa shape index (κ1) is 19.1. The minimum absolute atomic E-state index is 0.0489. The number of aromatic nitrogens is 2. The van der Waals surface area contributed by atoms with Gasteiger partial charge in [0, 0.05) is 17.4 Å². The van der Waals surface area contributed by atoms with Gasteiger partial charge in [-0.1, -0.05) is 42.2 Å². The smallest absolute Gasteiger partial charge is 0.226 e. The number of nitrogens with zero attached hydrogens (tertiary/aromatic N) is 2. The number of rotatable bonds is 7. The van der Waals surface area contributed by atoms with Gasteiger partial charge < -0.3 is 10.1 Å². The Bertz CT molecular complexity index is 744. The number of nitrogens with one attached hydrogen (secondary N) is 1. The summed E-state index contributed by atoms with van der Waals surface area (Å²) in [7, 11) is 0. The highest BCUT2D eigenvalue weighted by Gasteiger charge is 2.20. The van der Waals surface area contributed by atoms with Crippen molar-refractivity contribution in [2.24, 2.45) is 0 Å². The van der Waals surface area contributed by atoms with E-state index < -0.39 is 0 Å². The summed E-state index contributed by atoms with van der Waals surface area (Å²) >= 11 is 7.50. The molecule has 3 rings (SSSR count). The van der Waals surface area contributed by atoms with E-state index in [1.807, 2.05) is 25.1 Å². The summed E-state index contributed by atoms with van der Waals surface area (Å²) in [5.41, 5.74) is 0.979. The van der Waals surface area contributed by atoms with E-state index in [1.165, 1.54) is 43.4 Å². The van der Waals surface area contributed by atoms with Crippen molar-refractivity contribution >= 4 is 34.0 Å². The van der Waals surface area contributed by atoms with Crippen LogP contribution < -0.4 is 10.1 Å². The third-order valence-corrected chi connectivity index (χ3v) is 6.01. The van der Waals surface area contributed by atoms with E-state index in [-0.39, 0.29) is 5.91 Å². The summed E-state index contributed by atoms with van der Waals surface area (Å²) in [6.07, 6.45) is 7.25. The quantitative estimate of drug-likeness (QED) is 0.644. The molecule has 0 unspecified atom stereocenters. The monoisotopic (exact) mass is 393 g/mol. The number of carbonyl (C=O) groups excluding carboxylic acids is 1. The van der Waals surface area contributed by atoms with E-state index in [4.69, 9.17) is 16.3 Å². The minimum Gasteiger partial charge on any atom is -0.494 e. The Hall–Kier alpha value is -1.66. The number of carbonyl (C=O) groups is 1. The lowest BCUT2D eigenvalue weighted by Crippen LogP contribution is -2.12. The van der Waals surface area contributed by atoms with Crippen LogP contribution in [0.1, 0.15) is 61.4 Å². The van der Waals surface area contributed by atoms with Crippen molar-refractivity contribution in [1.29, 1.82) is 0 Å². The van der Waals surface area contributed by atoms with Gasteiger partial charge in [-0.25, -0.2) is 0 Å². The fourth-order valence-corrected chi connectivity index (χ4v) is 4.16. The highest BCUT2D eigenvalue weighted by molar-refractivity contribution is 7.15. The van der Waals surface area contributed by atoms with Crippen LogP contribution in [-0.4, -0.2) is 22.7 Å². The number of amides is 1. The van der Waals surface area contributed by atoms with Crippen molar-refractivity contribution in [1.82, 2.24) is 10.2 Å². The Kier molecular flexibility index (Phi) is 6.86. The van der Waals surface area contributed by atoms with Gasteiger partial charge in [0.2, 0.25) is 11.0 Å². The maximum absolute atomic E-state index is 12.1. The molecule has 0 atom stereocenters. The molecule has 0 spiro atoms. The number of hydrogen-bond donors (Lipinski definition) is 1. The normalized spacial score (nSPS) is 15.0. The first-order chi connectivity index (χ1) is 12.6. The fourth-order valence-electron chi connectivity index (χ4n) is 3.11. The summed E-state index contributed by atoms with van der Waals surface area (Å²) in [6.45, 7) is 2.42. The van der Waals surface area contributed by atoms with E-state index in [0.29, 0.717) is 30.5 Å². The fraction of sp³-hybridized carbons (Fsp3) is 0.526. The van der Waals surface area contributed by atoms with Crippen LogP contribution in [0.5, 0.6) is 5.75 Å². The average molecular weight is 394 g/mol. The van der Waals surface area contributed by atoms with Gasteiger partial charge in [0.1, 0.15) is 10.8 Å². The molecule has 1 aliphatic rings. The second kappa shape index (κ2) is 9.33. The van der Waals surface area contributed by atoms with Crippen molar-refractivity contribution in [2.75, 3.05) is 11.9 Å². The standard InChI is InChI=1S/C19H24ClN3O2S/c1-13-12-15(9-10-16(13)20)25-11-5-8-17(24)21-19-23-22-18(26-19)14-6-3-2-4-7-14/h9-10,12,14H,2-8,11H2,1H3,(H,21,23,24). The zero-order valence-electron chi connectivity index (χ0n) is 15.0. The first-order valence-corrected chi connectivity index (χ1v) is 10.3. The molecule has 1 aliphatic carbocycles. The third-order valence-electron chi connectivity index (χ3n) is 4.59. The van der Waals surface area contributed by atoms with E-state index in [9.17, 15) is 4.79 Å². The van der Waals surface area contributed by atoms with Gasteiger partial charge >= 0.3 is 0 Å². The number of aryl methyl sites for hydroxylation is 1. The predicted molar refractivity (Wildman–Crippen MR) is 105 cm³/mol. The second-order valence-electron chi connectivity index (χ2n) is 6.69. The minimum atomic E-state index is -0.0489. The van der Waals surface area contributed by atoms with Crippen LogP contribution in [0.15, 0.2) is 18.2 Å². The zero-order chi connectivity index (χ0) is 18.4. The molecule has 0 aliphatic heterocycles. The summed E-state index contributed by atoms with van der Waals surface area (Å²) in [5.74, 6) is 1.24. The van der Waals surface area contributed by atoms with Crippen molar-refractivity contribution in [3.05, 3.63) is 33.8 Å². The van der Waals surface area contributed by atoms with Crippen LogP contribution >= 0.6 is 22.9 Å². The molecule has 2 aromatic rings. The highest BCUT2D eigenvalue weighted by Crippen LogP contribution is 2.35. The van der Waals surface area contributed by atoms with Crippen LogP contribution in [0.25, 0.3) is 0 Å². The Morgan fingerprint density at radius 2 is 2.12 bits per heavy atom. The summed E-state index contributed by atoms with van der Waals surface area (Å²) < 4.78 is 5.66. The Morgan fingerprint density at radius 1 is 1.31 bits per heavy atom. The molecule has 1 fully saturated rings. The van der Waals surface area contributed by atoms with Crippen molar-refractivity contribution < 1.29 is 9.53 Å². The molecule has 26 heavy (non-hydrogen) atoms. The van der Waals surface area contributed by atoms with Crippen LogP contribution in [-0.2, 0) is 4.79 Å². The summed E-state index contributed by atoms with van der Waals surface area (Å²) in [6, 6.07) is 5.55. The molecule has 1 heterocycles. The number of benzene rings is 1. The molecule has 1 N–H and O–H groups in total. The van der Waals surface area contributed by atoms with E-state index in [1.54, 1.807) is 0 Å². The maximum Gasteiger partial charge on any atom is 0.226 e. The molecule has 1 aromatic heterocycles. The molecule has 5 nitrogen and oxygen atoms in total. The lowest BCUT2D eigenvalue weighted by molar-refractivity contribution is -0.116. The van der Waals surface area contributed by atoms with Gasteiger partial charge in [-0.2, -0.15) is 0 Å². The van der Waals surface area contributed by atoms with E-state index in [0.717, 1.165) is 21.3 Å². The van der Waals surface area contributed by atoms with E-state index in [2.05, 4.69) is 15.5 Å². The zero-order valence-corrected chi connectivity index (χ0v) is 16.5. The van der Waals surface area contributed by atoms with Gasteiger partial charge in [-0.15, -0.1) is 10.2 Å². The van der Waals surface area contributed by atoms with Crippen LogP contribution in [0.2, 0.25) is 5.02 Å². The second-order valence-corrected chi connectivity index (χ2v) is 8.11. The lowest BCUT2D eigenvalue weighted by atomic mass is 9.90. The van der Waals surface area contributed by atoms with E-state index >= 15 is 0 Å². The molecule has 140 valence electrons. The number of anilines is 1. The SMILES string of the molecule is Cc1cc(OCCCC(=O)Nc2nnc(C3CCCCC3)s2)ccc1Cl. The highest BCUT2D eigenvalue weighted by atomic mass is 35.5. The average Bonchev–Trinajstić information content (AvgIpc) is 3.11. The topological polar surface area (TPSA) is 64.1 Å². The van der Waals surface area contributed by atoms with Crippen LogP contribution in [0.4, 0.5) is 5.13 Å². The number of halogens is 1. The molecule has 1 saturated carbocycles. The first-order valence-electron chi connectivity index (χ1n) is 9.14. The van der Waals surface area contributed by atoms with Gasteiger partial charge in [0.05, 0.1) is 6.61 Å². The van der Waals surface area contributed by atoms with Gasteiger partial charge in [0.25, 0.3) is 0 Å². The molecule has 0 radical (unpaired) electrons. The lowest BCUT2D eigenvalue weighted by Gasteiger charge is -2.18. The van der Waals surface area contributed by atoms with Crippen molar-refractivity contribution in [3.63, 3.8) is 0 Å². The van der Waals surface area contributed by atoms with Crippen LogP contribution in [0.3, 0.4) is 0 Å². The molecule has 7 heteroatoms. The Morgan fingerprint density at radius 3 is 2.88 bits per heavy atom. The molecule has 0 saturated heterocycles. The molecule has 0 bridgehead atoms. The molecular formula is C19H24ClN3O2S. The number of hydrogen-bond acceptors (Lipinski definition) is 5. The molecule has 1 aromatic carbocycles. The maximum atomic E-state index is 12.1. The summed E-state index contributed by atoms with van der Waals surface area (Å²) in [4.78, 5) is 12.1. The van der Waals surface area contributed by atoms with Crippen molar-refractivity contribution in [3.8, 4) is 5.75 Å². The molecular weight excluding hydrogens is 370 g/mol. The van der Waals surface area contributed by atoms with Gasteiger partial charge in [-0.05, 0) is 49.9 Å².